The summed E-state index contributed by atoms with van der Waals surface area (Å²) in [5.74, 6) is 2.98. The lowest BCUT2D eigenvalue weighted by atomic mass is 10.0. The first-order valence-corrected chi connectivity index (χ1v) is 13.8. The Morgan fingerprint density at radius 3 is 2.68 bits per heavy atom. The highest BCUT2D eigenvalue weighted by molar-refractivity contribution is 6.83. The van der Waals surface area contributed by atoms with Gasteiger partial charge in [-0.1, -0.05) is 38.6 Å². The van der Waals surface area contributed by atoms with Crippen molar-refractivity contribution in [1.29, 1.82) is 0 Å². The monoisotopic (exact) mass is 428 g/mol. The van der Waals surface area contributed by atoms with Crippen LogP contribution in [-0.2, 0) is 13.0 Å². The molecule has 1 N–H and O–H groups in total. The van der Waals surface area contributed by atoms with Crippen LogP contribution in [0.2, 0.25) is 19.6 Å². The summed E-state index contributed by atoms with van der Waals surface area (Å²) >= 11 is 0. The molecule has 0 bridgehead atoms. The van der Waals surface area contributed by atoms with E-state index in [1.807, 2.05) is 47.9 Å². The van der Waals surface area contributed by atoms with E-state index in [1.165, 1.54) is 0 Å². The number of carboxylic acids is 1. The van der Waals surface area contributed by atoms with Crippen LogP contribution in [0.15, 0.2) is 47.6 Å². The second-order valence-corrected chi connectivity index (χ2v) is 13.2. The van der Waals surface area contributed by atoms with Gasteiger partial charge < -0.3 is 5.11 Å². The molecule has 156 valence electrons. The molecule has 3 aromatic rings. The van der Waals surface area contributed by atoms with E-state index in [9.17, 15) is 9.90 Å². The number of carboxylic acid groups (broad SMARTS) is 1. The number of carbonyl (C=O) groups is 1. The predicted molar refractivity (Wildman–Crippen MR) is 124 cm³/mol. The molecule has 0 amide bonds. The van der Waals surface area contributed by atoms with Crippen molar-refractivity contribution in [2.75, 3.05) is 0 Å². The van der Waals surface area contributed by atoms with E-state index in [-0.39, 0.29) is 12.2 Å². The fourth-order valence-corrected chi connectivity index (χ4v) is 4.08. The van der Waals surface area contributed by atoms with Gasteiger partial charge in [-0.15, -0.1) is 5.54 Å². The molecule has 6 nitrogen and oxygen atoms in total. The van der Waals surface area contributed by atoms with E-state index in [0.717, 1.165) is 28.2 Å². The fourth-order valence-electron chi connectivity index (χ4n) is 3.56. The van der Waals surface area contributed by atoms with Gasteiger partial charge in [0.15, 0.2) is 5.69 Å². The van der Waals surface area contributed by atoms with Gasteiger partial charge in [0.05, 0.1) is 29.3 Å². The first kappa shape index (κ1) is 20.8. The summed E-state index contributed by atoms with van der Waals surface area (Å²) in [7, 11) is -1.53. The van der Waals surface area contributed by atoms with E-state index >= 15 is 0 Å². The van der Waals surface area contributed by atoms with Crippen molar-refractivity contribution in [3.63, 3.8) is 0 Å². The Morgan fingerprint density at radius 2 is 2.03 bits per heavy atom. The number of hydrogen-bond acceptors (Lipinski definition) is 4. The second kappa shape index (κ2) is 7.97. The molecule has 7 heteroatoms. The predicted octanol–water partition coefficient (Wildman–Crippen LogP) is 4.11. The van der Waals surface area contributed by atoms with Crippen LogP contribution in [0.25, 0.3) is 5.69 Å². The third kappa shape index (κ3) is 4.07. The van der Waals surface area contributed by atoms with Crippen molar-refractivity contribution >= 4 is 19.8 Å². The van der Waals surface area contributed by atoms with Crippen molar-refractivity contribution in [2.45, 2.75) is 39.5 Å². The number of nitrogens with zero attached hydrogens (tertiary/aromatic N) is 4. The van der Waals surface area contributed by atoms with Gasteiger partial charge in [-0.25, -0.2) is 9.78 Å². The number of aliphatic imine (C=N–C) groups is 1. The first-order valence-electron chi connectivity index (χ1n) is 10.3. The fraction of sp³-hybridized carbons (Fsp3) is 0.250. The van der Waals surface area contributed by atoms with Crippen molar-refractivity contribution in [1.82, 2.24) is 14.5 Å². The van der Waals surface area contributed by atoms with Crippen molar-refractivity contribution < 1.29 is 9.90 Å². The van der Waals surface area contributed by atoms with Crippen molar-refractivity contribution in [3.05, 3.63) is 76.6 Å². The van der Waals surface area contributed by atoms with Crippen LogP contribution in [0.3, 0.4) is 0 Å². The minimum absolute atomic E-state index is 0.0522. The molecule has 1 aliphatic rings. The Labute approximate surface area is 182 Å². The van der Waals surface area contributed by atoms with Crippen LogP contribution in [-0.4, -0.2) is 39.4 Å². The van der Waals surface area contributed by atoms with E-state index in [1.54, 1.807) is 6.20 Å². The average Bonchev–Trinajstić information content (AvgIpc) is 3.03. The topological polar surface area (TPSA) is 80.4 Å². The highest BCUT2D eigenvalue weighted by Gasteiger charge is 2.27. The number of pyridine rings is 1. The molecule has 3 heterocycles. The number of fused-ring (bicyclic) bond motifs is 3. The molecule has 1 aliphatic heterocycles. The number of imidazole rings is 1. The lowest BCUT2D eigenvalue weighted by molar-refractivity contribution is 0.0689. The van der Waals surface area contributed by atoms with Crippen molar-refractivity contribution in [2.24, 2.45) is 4.99 Å². The van der Waals surface area contributed by atoms with Crippen LogP contribution in [0.1, 0.15) is 45.8 Å². The SMILES string of the molecule is CCc1nc(C(=O)O)c2n1-c1ccc(C#C[Si](C)(C)C)cc1C(c1ccccn1)=NC2. The van der Waals surface area contributed by atoms with Gasteiger partial charge in [0.25, 0.3) is 0 Å². The molecule has 31 heavy (non-hydrogen) atoms. The highest BCUT2D eigenvalue weighted by atomic mass is 28.3. The van der Waals surface area contributed by atoms with E-state index in [2.05, 4.69) is 41.1 Å². The first-order chi connectivity index (χ1) is 14.8. The van der Waals surface area contributed by atoms with Gasteiger partial charge in [0.1, 0.15) is 13.9 Å². The van der Waals surface area contributed by atoms with Crippen molar-refractivity contribution in [3.8, 4) is 17.2 Å². The number of aromatic nitrogens is 3. The minimum Gasteiger partial charge on any atom is -0.476 e. The normalized spacial score (nSPS) is 12.7. The van der Waals surface area contributed by atoms with Crippen LogP contribution >= 0.6 is 0 Å². The molecule has 0 radical (unpaired) electrons. The maximum atomic E-state index is 11.9. The molecule has 0 fully saturated rings. The molecule has 4 rings (SSSR count). The van der Waals surface area contributed by atoms with E-state index < -0.39 is 14.0 Å². The zero-order chi connectivity index (χ0) is 22.2. The van der Waals surface area contributed by atoms with Crippen LogP contribution in [0.5, 0.6) is 0 Å². The third-order valence-corrected chi connectivity index (χ3v) is 5.80. The van der Waals surface area contributed by atoms with Crippen LogP contribution in [0, 0.1) is 11.5 Å². The molecular formula is C24H24N4O2Si. The number of aryl methyl sites for hydroxylation is 1. The summed E-state index contributed by atoms with van der Waals surface area (Å²) in [5, 5.41) is 9.71. The van der Waals surface area contributed by atoms with E-state index in [0.29, 0.717) is 17.9 Å². The zero-order valence-electron chi connectivity index (χ0n) is 18.1. The Kier molecular flexibility index (Phi) is 5.33. The molecular weight excluding hydrogens is 404 g/mol. The quantitative estimate of drug-likeness (QED) is 0.503. The number of rotatable bonds is 3. The van der Waals surface area contributed by atoms with Gasteiger partial charge in [-0.05, 0) is 30.3 Å². The van der Waals surface area contributed by atoms with Gasteiger partial charge in [0.2, 0.25) is 0 Å². The van der Waals surface area contributed by atoms with Gasteiger partial charge in [0, 0.05) is 23.7 Å². The number of aromatic carboxylic acids is 1. The van der Waals surface area contributed by atoms with Crippen LogP contribution in [0.4, 0.5) is 0 Å². The molecule has 0 aliphatic carbocycles. The van der Waals surface area contributed by atoms with Crippen LogP contribution < -0.4 is 0 Å². The molecule has 0 saturated carbocycles. The van der Waals surface area contributed by atoms with Gasteiger partial charge >= 0.3 is 5.97 Å². The highest BCUT2D eigenvalue weighted by Crippen LogP contribution is 2.29. The Balaban J connectivity index is 2.00. The molecule has 2 aromatic heterocycles. The summed E-state index contributed by atoms with van der Waals surface area (Å²) in [6.45, 7) is 8.82. The number of hydrogen-bond donors (Lipinski definition) is 1. The average molecular weight is 429 g/mol. The lowest BCUT2D eigenvalue weighted by Crippen LogP contribution is -2.16. The Morgan fingerprint density at radius 1 is 1.23 bits per heavy atom. The standard InChI is InChI=1S/C24H24N4O2Si/c1-5-21-27-23(24(29)30)20-15-26-22(18-8-6-7-12-25-18)17-14-16(11-13-31(2,3)4)9-10-19(17)28(20)21/h6-10,12,14H,5,15H2,1-4H3,(H,29,30). The summed E-state index contributed by atoms with van der Waals surface area (Å²) in [4.78, 5) is 25.6. The lowest BCUT2D eigenvalue weighted by Gasteiger charge is -2.14. The molecule has 0 atom stereocenters. The zero-order valence-corrected chi connectivity index (χ0v) is 19.1. The number of benzene rings is 1. The summed E-state index contributed by atoms with van der Waals surface area (Å²) in [5.41, 5.74) is 8.16. The Bertz CT molecular complexity index is 1260. The molecule has 1 aromatic carbocycles. The molecule has 0 saturated heterocycles. The molecule has 0 unspecified atom stereocenters. The molecule has 0 spiro atoms. The Hall–Kier alpha value is -3.50. The summed E-state index contributed by atoms with van der Waals surface area (Å²) in [6, 6.07) is 11.7. The largest absolute Gasteiger partial charge is 0.476 e. The summed E-state index contributed by atoms with van der Waals surface area (Å²) in [6.07, 6.45) is 2.34. The maximum Gasteiger partial charge on any atom is 0.356 e. The minimum atomic E-state index is -1.53. The third-order valence-electron chi connectivity index (χ3n) is 4.93. The van der Waals surface area contributed by atoms with Gasteiger partial charge in [-0.2, -0.15) is 0 Å². The van der Waals surface area contributed by atoms with Gasteiger partial charge in [-0.3, -0.25) is 14.5 Å². The maximum absolute atomic E-state index is 11.9. The van der Waals surface area contributed by atoms with E-state index in [4.69, 9.17) is 4.99 Å². The second-order valence-electron chi connectivity index (χ2n) is 8.43. The smallest absolute Gasteiger partial charge is 0.356 e. The summed E-state index contributed by atoms with van der Waals surface area (Å²) < 4.78 is 1.94.